The molecule has 1 heterocycles. The van der Waals surface area contributed by atoms with Gasteiger partial charge in [-0.3, -0.25) is 14.4 Å². The fraction of sp³-hybridized carbons (Fsp3) is 0.565. The van der Waals surface area contributed by atoms with E-state index >= 15 is 0 Å². The van der Waals surface area contributed by atoms with Crippen LogP contribution in [0.5, 0.6) is 11.5 Å². The minimum atomic E-state index is -0.974. The van der Waals surface area contributed by atoms with Crippen molar-refractivity contribution >= 4 is 23.3 Å². The van der Waals surface area contributed by atoms with Gasteiger partial charge in [-0.15, -0.1) is 0 Å². The number of hydrogen-bond donors (Lipinski definition) is 1. The molecule has 0 spiro atoms. The summed E-state index contributed by atoms with van der Waals surface area (Å²) >= 11 is 0. The van der Waals surface area contributed by atoms with Crippen molar-refractivity contribution in [2.45, 2.75) is 52.1 Å². The van der Waals surface area contributed by atoms with Crippen LogP contribution in [0.1, 0.15) is 55.5 Å². The molecule has 1 N–H and O–H groups in total. The lowest BCUT2D eigenvalue weighted by molar-refractivity contribution is -0.144. The third-order valence-corrected chi connectivity index (χ3v) is 5.46. The van der Waals surface area contributed by atoms with Gasteiger partial charge in [-0.1, -0.05) is 6.92 Å². The largest absolute Gasteiger partial charge is 0.507 e. The number of cyclic esters (lactones) is 1. The summed E-state index contributed by atoms with van der Waals surface area (Å²) in [6, 6.07) is 3.02. The van der Waals surface area contributed by atoms with Gasteiger partial charge < -0.3 is 19.5 Å². The highest BCUT2D eigenvalue weighted by Crippen LogP contribution is 2.31. The highest BCUT2D eigenvalue weighted by molar-refractivity contribution is 6.63. The summed E-state index contributed by atoms with van der Waals surface area (Å²) in [7, 11) is 3.82. The Morgan fingerprint density at radius 1 is 1.06 bits per heavy atom. The first kappa shape index (κ1) is 24.5. The van der Waals surface area contributed by atoms with Gasteiger partial charge >= 0.3 is 5.97 Å². The molecular formula is C23H31NO7. The normalized spacial score (nSPS) is 21.5. The van der Waals surface area contributed by atoms with Gasteiger partial charge in [0.05, 0.1) is 0 Å². The van der Waals surface area contributed by atoms with E-state index in [0.717, 1.165) is 0 Å². The molecule has 0 aliphatic carbocycles. The maximum absolute atomic E-state index is 12.8. The zero-order valence-electron chi connectivity index (χ0n) is 18.6. The van der Waals surface area contributed by atoms with Gasteiger partial charge in [0.15, 0.2) is 0 Å². The second-order valence-corrected chi connectivity index (χ2v) is 8.28. The summed E-state index contributed by atoms with van der Waals surface area (Å²) < 4.78 is 11.2. The van der Waals surface area contributed by atoms with Gasteiger partial charge in [0.1, 0.15) is 29.8 Å². The molecule has 1 aromatic carbocycles. The zero-order valence-corrected chi connectivity index (χ0v) is 18.6. The van der Waals surface area contributed by atoms with Crippen molar-refractivity contribution in [2.75, 3.05) is 27.2 Å². The number of phenols is 1. The van der Waals surface area contributed by atoms with Crippen LogP contribution in [0.25, 0.3) is 0 Å². The molecule has 8 nitrogen and oxygen atoms in total. The second-order valence-electron chi connectivity index (χ2n) is 8.28. The number of carbonyl (C=O) groups is 4. The maximum Gasteiger partial charge on any atom is 0.342 e. The number of ether oxygens (including phenoxy) is 2. The molecule has 0 unspecified atom stereocenters. The predicted octanol–water partition coefficient (Wildman–Crippen LogP) is 2.34. The van der Waals surface area contributed by atoms with Gasteiger partial charge in [-0.05, 0) is 57.8 Å². The van der Waals surface area contributed by atoms with Gasteiger partial charge in [0, 0.05) is 25.5 Å². The number of hydrogen-bond acceptors (Lipinski definition) is 8. The average Bonchev–Trinajstić information content (AvgIpc) is 2.69. The molecule has 0 aromatic heterocycles. The number of nitrogens with zero attached hydrogens (tertiary/aromatic N) is 1. The highest BCUT2D eigenvalue weighted by Gasteiger charge is 2.27. The number of rotatable bonds is 4. The molecule has 0 bridgehead atoms. The van der Waals surface area contributed by atoms with E-state index in [0.29, 0.717) is 30.9 Å². The number of esters is 1. The van der Waals surface area contributed by atoms with Crippen molar-refractivity contribution in [3.05, 3.63) is 23.3 Å². The Bertz CT molecular complexity index is 847. The van der Waals surface area contributed by atoms with Crippen LogP contribution in [0.15, 0.2) is 12.1 Å². The maximum atomic E-state index is 12.8. The Balaban J connectivity index is 2.34. The second kappa shape index (κ2) is 11.0. The van der Waals surface area contributed by atoms with E-state index in [-0.39, 0.29) is 42.9 Å². The lowest BCUT2D eigenvalue weighted by atomic mass is 9.94. The molecule has 1 aliphatic rings. The predicted molar refractivity (Wildman–Crippen MR) is 113 cm³/mol. The Morgan fingerprint density at radius 2 is 1.74 bits per heavy atom. The van der Waals surface area contributed by atoms with Gasteiger partial charge in [0.25, 0.3) is 5.78 Å². The van der Waals surface area contributed by atoms with Crippen molar-refractivity contribution in [3.8, 4) is 11.5 Å². The number of phenolic OH excluding ortho intramolecular Hbond substituents is 1. The van der Waals surface area contributed by atoms with Crippen LogP contribution in [0.3, 0.4) is 0 Å². The van der Waals surface area contributed by atoms with Crippen LogP contribution < -0.4 is 4.74 Å². The first-order valence-electron chi connectivity index (χ1n) is 10.5. The van der Waals surface area contributed by atoms with Crippen molar-refractivity contribution in [1.82, 2.24) is 4.90 Å². The Hall–Kier alpha value is -2.74. The van der Waals surface area contributed by atoms with E-state index in [2.05, 4.69) is 0 Å². The molecule has 0 radical (unpaired) electrons. The van der Waals surface area contributed by atoms with E-state index in [1.807, 2.05) is 19.0 Å². The minimum Gasteiger partial charge on any atom is -0.507 e. The minimum absolute atomic E-state index is 0.0333. The number of ketones is 3. The van der Waals surface area contributed by atoms with Crippen LogP contribution in [0.2, 0.25) is 0 Å². The number of aromatic hydroxyl groups is 1. The number of aryl methyl sites for hydroxylation is 1. The lowest BCUT2D eigenvalue weighted by Crippen LogP contribution is -2.27. The average molecular weight is 434 g/mol. The van der Waals surface area contributed by atoms with Gasteiger partial charge in [-0.2, -0.15) is 0 Å². The topological polar surface area (TPSA) is 110 Å². The fourth-order valence-electron chi connectivity index (χ4n) is 3.28. The fourth-order valence-corrected chi connectivity index (χ4v) is 3.28. The number of carbonyl (C=O) groups excluding carboxylic acids is 4. The first-order valence-corrected chi connectivity index (χ1v) is 10.5. The molecule has 1 aromatic rings. The van der Waals surface area contributed by atoms with Crippen LogP contribution in [-0.2, 0) is 25.5 Å². The molecule has 0 saturated carbocycles. The molecule has 0 saturated heterocycles. The SMILES string of the molecule is C[C@@H]1OC(=O)c2c(O)cc(OCCN(C)C)cc2CCCC(=O)C(=O)C(=O)CC[C@@H]1C. The third kappa shape index (κ3) is 6.89. The lowest BCUT2D eigenvalue weighted by Gasteiger charge is -2.22. The monoisotopic (exact) mass is 433 g/mol. The van der Waals surface area contributed by atoms with Crippen molar-refractivity contribution in [1.29, 1.82) is 0 Å². The van der Waals surface area contributed by atoms with E-state index in [4.69, 9.17) is 9.47 Å². The Morgan fingerprint density at radius 3 is 2.42 bits per heavy atom. The number of Topliss-reactive ketones (excluding diaryl/α,β-unsaturated/α-hetero) is 3. The molecule has 0 amide bonds. The molecule has 0 fully saturated rings. The van der Waals surface area contributed by atoms with Gasteiger partial charge in [0.2, 0.25) is 11.6 Å². The van der Waals surface area contributed by atoms with Crippen molar-refractivity contribution in [3.63, 3.8) is 0 Å². The number of fused-ring (bicyclic) bond motifs is 1. The number of likely N-dealkylation sites (N-methyl/N-ethyl adjacent to an activating group) is 1. The summed E-state index contributed by atoms with van der Waals surface area (Å²) in [6.45, 7) is 4.55. The number of benzene rings is 1. The summed E-state index contributed by atoms with van der Waals surface area (Å²) in [5, 5.41) is 10.5. The summed E-state index contributed by atoms with van der Waals surface area (Å²) in [6.07, 6.45) is 0.0621. The molecule has 2 atom stereocenters. The van der Waals surface area contributed by atoms with Crippen LogP contribution in [0, 0.1) is 5.92 Å². The molecule has 31 heavy (non-hydrogen) atoms. The summed E-state index contributed by atoms with van der Waals surface area (Å²) in [5.74, 6) is -3.15. The first-order chi connectivity index (χ1) is 14.6. The summed E-state index contributed by atoms with van der Waals surface area (Å²) in [5.41, 5.74) is 0.499. The quantitative estimate of drug-likeness (QED) is 0.569. The van der Waals surface area contributed by atoms with Crippen molar-refractivity contribution in [2.24, 2.45) is 5.92 Å². The van der Waals surface area contributed by atoms with Crippen LogP contribution >= 0.6 is 0 Å². The molecule has 8 heteroatoms. The van der Waals surface area contributed by atoms with E-state index in [1.165, 1.54) is 6.07 Å². The molecule has 170 valence electrons. The molecular weight excluding hydrogens is 402 g/mol. The van der Waals surface area contributed by atoms with Gasteiger partial charge in [-0.25, -0.2) is 4.79 Å². The van der Waals surface area contributed by atoms with E-state index in [1.54, 1.807) is 19.9 Å². The van der Waals surface area contributed by atoms with E-state index in [9.17, 15) is 24.3 Å². The smallest absolute Gasteiger partial charge is 0.342 e. The molecule has 1 aliphatic heterocycles. The van der Waals surface area contributed by atoms with Crippen LogP contribution in [-0.4, -0.2) is 66.7 Å². The Labute approximate surface area is 182 Å². The molecule has 2 rings (SSSR count). The Kier molecular flexibility index (Phi) is 8.74. The third-order valence-electron chi connectivity index (χ3n) is 5.46. The van der Waals surface area contributed by atoms with Crippen LogP contribution in [0.4, 0.5) is 0 Å². The zero-order chi connectivity index (χ0) is 23.1. The standard InChI is InChI=1S/C23H31NO7/c1-14-8-9-19(26)22(28)18(25)7-5-6-16-12-17(30-11-10-24(3)4)13-20(27)21(16)23(29)31-15(14)2/h12-15,27H,5-11H2,1-4H3/t14-,15-/m0/s1. The van der Waals surface area contributed by atoms with E-state index < -0.39 is 29.4 Å². The highest BCUT2D eigenvalue weighted by atomic mass is 16.5. The summed E-state index contributed by atoms with van der Waals surface area (Å²) in [4.78, 5) is 50.9. The van der Waals surface area contributed by atoms with Crippen molar-refractivity contribution < 1.29 is 33.8 Å².